The molecule has 0 saturated carbocycles. The lowest BCUT2D eigenvalue weighted by Crippen LogP contribution is -2.39. The number of hydrogen-bond donors (Lipinski definition) is 1. The number of guanidine groups is 1. The second-order valence-electron chi connectivity index (χ2n) is 5.54. The number of benzene rings is 1. The first-order valence-corrected chi connectivity index (χ1v) is 7.95. The van der Waals surface area contributed by atoms with Gasteiger partial charge >= 0.3 is 0 Å². The van der Waals surface area contributed by atoms with Crippen LogP contribution in [0.3, 0.4) is 0 Å². The van der Waals surface area contributed by atoms with Gasteiger partial charge in [-0.1, -0.05) is 0 Å². The number of aromatic nitrogens is 2. The fourth-order valence-corrected chi connectivity index (χ4v) is 2.77. The predicted molar refractivity (Wildman–Crippen MR) is 107 cm³/mol. The molecule has 1 aromatic carbocycles. The number of rotatable bonds is 4. The molecule has 7 heteroatoms. The molecule has 0 unspecified atom stereocenters. The van der Waals surface area contributed by atoms with Crippen LogP contribution in [-0.2, 0) is 6.54 Å². The second-order valence-corrected chi connectivity index (χ2v) is 5.54. The van der Waals surface area contributed by atoms with Crippen LogP contribution in [0, 0.1) is 0 Å². The monoisotopic (exact) mass is 441 g/mol. The van der Waals surface area contributed by atoms with Crippen LogP contribution in [0.25, 0.3) is 5.69 Å². The van der Waals surface area contributed by atoms with Gasteiger partial charge in [0.1, 0.15) is 5.75 Å². The molecule has 0 spiro atoms. The third-order valence-corrected chi connectivity index (χ3v) is 4.03. The SMILES string of the molecule is CN=C(NCc1ccn(-c2ccc(OC)cc2)n1)N1CCCC1.I. The zero-order valence-corrected chi connectivity index (χ0v) is 16.4. The van der Waals surface area contributed by atoms with Gasteiger partial charge in [-0.25, -0.2) is 4.68 Å². The van der Waals surface area contributed by atoms with Crippen molar-refractivity contribution in [1.29, 1.82) is 0 Å². The van der Waals surface area contributed by atoms with E-state index in [0.29, 0.717) is 6.54 Å². The van der Waals surface area contributed by atoms with Crippen molar-refractivity contribution in [1.82, 2.24) is 20.0 Å². The number of methoxy groups -OCH3 is 1. The van der Waals surface area contributed by atoms with Gasteiger partial charge in [-0.3, -0.25) is 4.99 Å². The largest absolute Gasteiger partial charge is 0.497 e. The quantitative estimate of drug-likeness (QED) is 0.451. The van der Waals surface area contributed by atoms with Gasteiger partial charge in [-0.2, -0.15) is 5.10 Å². The molecule has 2 heterocycles. The van der Waals surface area contributed by atoms with Gasteiger partial charge in [0, 0.05) is 26.3 Å². The number of likely N-dealkylation sites (tertiary alicyclic amines) is 1. The molecule has 0 amide bonds. The van der Waals surface area contributed by atoms with Crippen molar-refractivity contribution < 1.29 is 4.74 Å². The number of ether oxygens (including phenoxy) is 1. The Balaban J connectivity index is 0.00000208. The molecule has 0 radical (unpaired) electrons. The van der Waals surface area contributed by atoms with Crippen molar-refractivity contribution >= 4 is 29.9 Å². The Morgan fingerprint density at radius 2 is 1.92 bits per heavy atom. The summed E-state index contributed by atoms with van der Waals surface area (Å²) in [6.07, 6.45) is 4.46. The smallest absolute Gasteiger partial charge is 0.193 e. The first-order valence-electron chi connectivity index (χ1n) is 7.95. The minimum atomic E-state index is 0. The highest BCUT2D eigenvalue weighted by atomic mass is 127. The van der Waals surface area contributed by atoms with Crippen molar-refractivity contribution in [2.45, 2.75) is 19.4 Å². The maximum atomic E-state index is 5.18. The van der Waals surface area contributed by atoms with Crippen LogP contribution in [0.1, 0.15) is 18.5 Å². The van der Waals surface area contributed by atoms with Gasteiger partial charge in [-0.15, -0.1) is 24.0 Å². The average Bonchev–Trinajstić information content (AvgIpc) is 3.27. The molecule has 130 valence electrons. The lowest BCUT2D eigenvalue weighted by molar-refractivity contribution is 0.414. The van der Waals surface area contributed by atoms with Gasteiger partial charge in [0.25, 0.3) is 0 Å². The summed E-state index contributed by atoms with van der Waals surface area (Å²) in [6, 6.07) is 9.88. The molecule has 1 aliphatic heterocycles. The summed E-state index contributed by atoms with van der Waals surface area (Å²) in [6.45, 7) is 2.84. The molecule has 1 N–H and O–H groups in total. The van der Waals surface area contributed by atoms with Crippen molar-refractivity contribution in [2.24, 2.45) is 4.99 Å². The first kappa shape index (κ1) is 18.6. The van der Waals surface area contributed by atoms with Crippen molar-refractivity contribution in [3.05, 3.63) is 42.2 Å². The zero-order chi connectivity index (χ0) is 16.1. The van der Waals surface area contributed by atoms with Crippen LogP contribution in [0.4, 0.5) is 0 Å². The Bertz CT molecular complexity index is 662. The fraction of sp³-hybridized carbons (Fsp3) is 0.412. The van der Waals surface area contributed by atoms with E-state index < -0.39 is 0 Å². The van der Waals surface area contributed by atoms with Crippen LogP contribution in [0.15, 0.2) is 41.5 Å². The minimum Gasteiger partial charge on any atom is -0.497 e. The molecule has 6 nitrogen and oxygen atoms in total. The molecule has 2 aromatic rings. The van der Waals surface area contributed by atoms with E-state index in [1.807, 2.05) is 48.3 Å². The molecule has 3 rings (SSSR count). The lowest BCUT2D eigenvalue weighted by Gasteiger charge is -2.20. The van der Waals surface area contributed by atoms with E-state index in [1.165, 1.54) is 12.8 Å². The average molecular weight is 441 g/mol. The molecule has 1 fully saturated rings. The number of aliphatic imine (C=N–C) groups is 1. The molecule has 0 aliphatic carbocycles. The maximum absolute atomic E-state index is 5.18. The Morgan fingerprint density at radius 3 is 2.54 bits per heavy atom. The van der Waals surface area contributed by atoms with E-state index >= 15 is 0 Å². The van der Waals surface area contributed by atoms with Gasteiger partial charge in [0.2, 0.25) is 0 Å². The van der Waals surface area contributed by atoms with E-state index in [9.17, 15) is 0 Å². The van der Waals surface area contributed by atoms with Crippen LogP contribution >= 0.6 is 24.0 Å². The van der Waals surface area contributed by atoms with E-state index in [4.69, 9.17) is 4.74 Å². The van der Waals surface area contributed by atoms with E-state index in [0.717, 1.165) is 36.2 Å². The third-order valence-electron chi connectivity index (χ3n) is 4.03. The van der Waals surface area contributed by atoms with Crippen LogP contribution in [0.2, 0.25) is 0 Å². The van der Waals surface area contributed by atoms with Crippen LogP contribution in [0.5, 0.6) is 5.75 Å². The Morgan fingerprint density at radius 1 is 1.21 bits per heavy atom. The number of halogens is 1. The fourth-order valence-electron chi connectivity index (χ4n) is 2.77. The number of nitrogens with zero attached hydrogens (tertiary/aromatic N) is 4. The highest BCUT2D eigenvalue weighted by Crippen LogP contribution is 2.14. The summed E-state index contributed by atoms with van der Waals surface area (Å²) >= 11 is 0. The summed E-state index contributed by atoms with van der Waals surface area (Å²) in [5.41, 5.74) is 2.00. The first-order chi connectivity index (χ1) is 11.3. The molecule has 0 bridgehead atoms. The van der Waals surface area contributed by atoms with Gasteiger partial charge in [-0.05, 0) is 43.2 Å². The highest BCUT2D eigenvalue weighted by molar-refractivity contribution is 14.0. The summed E-state index contributed by atoms with van der Waals surface area (Å²) in [5.74, 6) is 1.80. The standard InChI is InChI=1S/C17H23N5O.HI/c1-18-17(21-10-3-4-11-21)19-13-14-9-12-22(20-14)15-5-7-16(23-2)8-6-15;/h5-9,12H,3-4,10-11,13H2,1-2H3,(H,18,19);1H. The lowest BCUT2D eigenvalue weighted by atomic mass is 10.3. The Kier molecular flexibility index (Phi) is 6.89. The Labute approximate surface area is 159 Å². The topological polar surface area (TPSA) is 54.7 Å². The van der Waals surface area contributed by atoms with Gasteiger partial charge in [0.05, 0.1) is 25.0 Å². The molecule has 1 saturated heterocycles. The second kappa shape index (κ2) is 8.91. The molecule has 0 atom stereocenters. The normalized spacial score (nSPS) is 14.4. The van der Waals surface area contributed by atoms with E-state index in [1.54, 1.807) is 7.11 Å². The Hall–Kier alpha value is -1.77. The van der Waals surface area contributed by atoms with Gasteiger partial charge < -0.3 is 15.0 Å². The summed E-state index contributed by atoms with van der Waals surface area (Å²) in [7, 11) is 3.50. The molecule has 24 heavy (non-hydrogen) atoms. The maximum Gasteiger partial charge on any atom is 0.193 e. The molecule has 1 aromatic heterocycles. The third kappa shape index (κ3) is 4.40. The number of nitrogens with one attached hydrogen (secondary N) is 1. The van der Waals surface area contributed by atoms with Crippen molar-refractivity contribution in [2.75, 3.05) is 27.2 Å². The van der Waals surface area contributed by atoms with Crippen LogP contribution < -0.4 is 10.1 Å². The van der Waals surface area contributed by atoms with E-state index in [-0.39, 0.29) is 24.0 Å². The highest BCUT2D eigenvalue weighted by Gasteiger charge is 2.15. The van der Waals surface area contributed by atoms with Crippen molar-refractivity contribution in [3.63, 3.8) is 0 Å². The summed E-state index contributed by atoms with van der Waals surface area (Å²) in [5, 5.41) is 8.00. The van der Waals surface area contributed by atoms with Gasteiger partial charge in [0.15, 0.2) is 5.96 Å². The molecular weight excluding hydrogens is 417 g/mol. The predicted octanol–water partition coefficient (Wildman–Crippen LogP) is 2.67. The minimum absolute atomic E-state index is 0. The summed E-state index contributed by atoms with van der Waals surface area (Å²) in [4.78, 5) is 6.64. The van der Waals surface area contributed by atoms with E-state index in [2.05, 4.69) is 20.3 Å². The molecule has 1 aliphatic rings. The summed E-state index contributed by atoms with van der Waals surface area (Å²) < 4.78 is 7.05. The van der Waals surface area contributed by atoms with Crippen LogP contribution in [-0.4, -0.2) is 47.9 Å². The molecular formula is C17H24IN5O. The zero-order valence-electron chi connectivity index (χ0n) is 14.1. The van der Waals surface area contributed by atoms with Crippen molar-refractivity contribution in [3.8, 4) is 11.4 Å². The number of hydrogen-bond acceptors (Lipinski definition) is 3.